The molecule has 0 amide bonds. The average Bonchev–Trinajstić information content (AvgIpc) is 4.40. The molecule has 0 saturated heterocycles. The van der Waals surface area contributed by atoms with Crippen LogP contribution >= 0.6 is 31.9 Å². The van der Waals surface area contributed by atoms with Crippen molar-refractivity contribution in [3.63, 3.8) is 0 Å². The second-order valence-electron chi connectivity index (χ2n) is 23.8. The maximum atomic E-state index is 10.7. The molecule has 0 fully saturated rings. The molecule has 5 heterocycles. The number of nitro groups is 4. The number of H-pyrrole nitrogens is 5. The van der Waals surface area contributed by atoms with Gasteiger partial charge in [-0.2, -0.15) is 0 Å². The third kappa shape index (κ3) is 22.8. The number of nitrogens with two attached hydrogens (primary N) is 1. The topological polar surface area (TPSA) is 278 Å². The Hall–Kier alpha value is -7.84. The van der Waals surface area contributed by atoms with E-state index in [4.69, 9.17) is 5.73 Å². The van der Waals surface area contributed by atoms with Crippen molar-refractivity contribution in [1.29, 1.82) is 0 Å². The molecule has 0 bridgehead atoms. The van der Waals surface area contributed by atoms with Crippen LogP contribution < -0.4 is 5.73 Å². The summed E-state index contributed by atoms with van der Waals surface area (Å²) in [4.78, 5) is 56.1. The summed E-state index contributed by atoms with van der Waals surface area (Å²) in [7, 11) is 0. The van der Waals surface area contributed by atoms with E-state index >= 15 is 0 Å². The predicted octanol–water partition coefficient (Wildman–Crippen LogP) is 20.2. The van der Waals surface area contributed by atoms with Crippen molar-refractivity contribution in [2.75, 3.05) is 5.73 Å². The van der Waals surface area contributed by atoms with Gasteiger partial charge >= 0.3 is 0 Å². The van der Waals surface area contributed by atoms with Gasteiger partial charge in [0.1, 0.15) is 0 Å². The lowest BCUT2D eigenvalue weighted by molar-refractivity contribution is -0.384. The fourth-order valence-electron chi connectivity index (χ4n) is 7.75. The molecule has 0 aliphatic heterocycles. The van der Waals surface area contributed by atoms with Gasteiger partial charge in [0.25, 0.3) is 22.7 Å². The summed E-state index contributed by atoms with van der Waals surface area (Å²) in [5.41, 5.74) is 15.6. The lowest BCUT2D eigenvalue weighted by Gasteiger charge is -2.17. The van der Waals surface area contributed by atoms with Crippen LogP contribution in [-0.4, -0.2) is 53.3 Å². The molecule has 83 heavy (non-hydrogen) atoms. The van der Waals surface area contributed by atoms with Crippen LogP contribution in [0.3, 0.4) is 0 Å². The van der Waals surface area contributed by atoms with Gasteiger partial charge in [0.15, 0.2) is 0 Å². The molecule has 0 saturated carbocycles. The molecule has 0 aliphatic carbocycles. The number of anilines is 1. The lowest BCUT2D eigenvalue weighted by Crippen LogP contribution is -2.09. The first-order chi connectivity index (χ1) is 36.8. The number of hydrogen-bond donors (Lipinski definition) is 6. The molecule has 5 aromatic heterocycles. The Morgan fingerprint density at radius 1 is 0.361 bits per heavy atom. The highest BCUT2D eigenvalue weighted by molar-refractivity contribution is 9.10. The standard InChI is InChI=1S/2C12H14N2O2.C12H16N2.2C8H6N2O2.2C4H9Br.3CH4/c2*1-12(2,3)10-7-13-11-5-4-8(14(15)16)6-9(10)11;1-12(2,3)10-7-14-11-5-4-8(13)6-9(10)11;2*11-10(12)7-1-2-8-6(5-7)3-4-9-8;2*1-4(2,3)5;;;/h2*4-7,13H,1-3H3;4-7,14H,13H2,1-3H3;2*1-5,9H;2*1-3H3;3*1H4. The Morgan fingerprint density at radius 3 is 0.867 bits per heavy atom. The van der Waals surface area contributed by atoms with Crippen LogP contribution in [0, 0.1) is 40.5 Å². The first-order valence-electron chi connectivity index (χ1n) is 25.5. The number of nitrogen functional groups attached to an aromatic ring is 1. The van der Waals surface area contributed by atoms with Gasteiger partial charge in [-0.25, -0.2) is 0 Å². The average molecular weight is 1270 g/mol. The van der Waals surface area contributed by atoms with Crippen LogP contribution in [0.2, 0.25) is 0 Å². The van der Waals surface area contributed by atoms with Gasteiger partial charge < -0.3 is 30.7 Å². The highest BCUT2D eigenvalue weighted by Crippen LogP contribution is 2.34. The van der Waals surface area contributed by atoms with Crippen molar-refractivity contribution >= 4 is 115 Å². The second-order valence-corrected chi connectivity index (χ2v) is 28.5. The van der Waals surface area contributed by atoms with E-state index in [9.17, 15) is 40.5 Å². The number of alkyl halides is 2. The van der Waals surface area contributed by atoms with Gasteiger partial charge in [-0.3, -0.25) is 40.5 Å². The normalized spacial score (nSPS) is 11.1. The molecule has 0 unspecified atom stereocenters. The monoisotopic (exact) mass is 1270 g/mol. The van der Waals surface area contributed by atoms with Gasteiger partial charge in [-0.05, 0) is 87.5 Å². The number of non-ortho nitro benzene ring substituents is 4. The Labute approximate surface area is 504 Å². The molecular weight excluding hydrogens is 1180 g/mol. The minimum absolute atomic E-state index is 0. The van der Waals surface area contributed by atoms with E-state index in [1.54, 1.807) is 60.9 Å². The zero-order valence-electron chi connectivity index (χ0n) is 48.1. The summed E-state index contributed by atoms with van der Waals surface area (Å²) < 4.78 is 0.625. The van der Waals surface area contributed by atoms with Crippen LogP contribution in [0.25, 0.3) is 54.5 Å². The summed E-state index contributed by atoms with van der Waals surface area (Å²) in [6.07, 6.45) is 9.44. The van der Waals surface area contributed by atoms with E-state index in [2.05, 4.69) is 167 Å². The number of nitrogens with zero attached hydrogens (tertiary/aromatic N) is 4. The quantitative estimate of drug-likeness (QED) is 0.0422. The van der Waals surface area contributed by atoms with E-state index in [0.717, 1.165) is 65.9 Å². The van der Waals surface area contributed by atoms with Gasteiger partial charge in [0, 0.05) is 148 Å². The molecule has 0 radical (unpaired) electrons. The summed E-state index contributed by atoms with van der Waals surface area (Å²) in [5, 5.41) is 47.0. The SMILES string of the molecule is C.C.C.CC(C)(C)Br.CC(C)(C)Br.CC(C)(C)c1c[nH]c2ccc(N)cc12.CC(C)(C)c1c[nH]c2ccc([N+](=O)[O-])cc12.CC(C)(C)c1c[nH]c2ccc([N+](=O)[O-])cc12.O=[N+]([O-])c1ccc2[nH]ccc2c1.O=[N+]([O-])c1ccc2[nH]ccc2c1. The number of nitrogens with one attached hydrogen (secondary N) is 5. The number of fused-ring (bicyclic) bond motifs is 5. The first kappa shape index (κ1) is 73.2. The van der Waals surface area contributed by atoms with Crippen LogP contribution in [0.4, 0.5) is 28.4 Å². The van der Waals surface area contributed by atoms with Crippen LogP contribution in [0.15, 0.2) is 134 Å². The van der Waals surface area contributed by atoms with Crippen molar-refractivity contribution in [3.05, 3.63) is 191 Å². The molecular formula is C63H86Br2N10O8. The molecule has 5 aromatic carbocycles. The molecule has 0 spiro atoms. The maximum Gasteiger partial charge on any atom is 0.270 e. The molecule has 7 N–H and O–H groups in total. The smallest absolute Gasteiger partial charge is 0.270 e. The van der Waals surface area contributed by atoms with Crippen LogP contribution in [-0.2, 0) is 16.2 Å². The lowest BCUT2D eigenvalue weighted by atomic mass is 9.87. The molecule has 0 aliphatic rings. The number of aromatic amines is 5. The highest BCUT2D eigenvalue weighted by atomic mass is 79.9. The third-order valence-corrected chi connectivity index (χ3v) is 11.4. The predicted molar refractivity (Wildman–Crippen MR) is 356 cm³/mol. The van der Waals surface area contributed by atoms with Gasteiger partial charge in [-0.15, -0.1) is 0 Å². The van der Waals surface area contributed by atoms with Crippen LogP contribution in [0.1, 0.15) is 143 Å². The Morgan fingerprint density at radius 2 is 0.602 bits per heavy atom. The van der Waals surface area contributed by atoms with Gasteiger partial charge in [0.05, 0.1) is 19.7 Å². The van der Waals surface area contributed by atoms with Crippen molar-refractivity contribution in [2.45, 2.75) is 151 Å². The maximum absolute atomic E-state index is 10.7. The minimum Gasteiger partial charge on any atom is -0.399 e. The number of benzene rings is 5. The molecule has 0 atom stereocenters. The molecule has 18 nitrogen and oxygen atoms in total. The van der Waals surface area contributed by atoms with E-state index in [0.29, 0.717) is 8.65 Å². The van der Waals surface area contributed by atoms with E-state index in [1.165, 1.54) is 35.2 Å². The Balaban J connectivity index is 0.000000495. The summed E-state index contributed by atoms with van der Waals surface area (Å²) in [6.45, 7) is 31.8. The van der Waals surface area contributed by atoms with E-state index in [-0.39, 0.29) is 71.1 Å². The van der Waals surface area contributed by atoms with Gasteiger partial charge in [0.2, 0.25) is 0 Å². The van der Waals surface area contributed by atoms with Crippen molar-refractivity contribution in [2.24, 2.45) is 0 Å². The van der Waals surface area contributed by atoms with Crippen molar-refractivity contribution in [1.82, 2.24) is 24.9 Å². The summed E-state index contributed by atoms with van der Waals surface area (Å²) >= 11 is 6.75. The molecule has 20 heteroatoms. The summed E-state index contributed by atoms with van der Waals surface area (Å²) in [5.74, 6) is 0. The largest absolute Gasteiger partial charge is 0.399 e. The third-order valence-electron chi connectivity index (χ3n) is 11.4. The number of hydrogen-bond acceptors (Lipinski definition) is 9. The number of halogens is 2. The molecule has 10 rings (SSSR count). The Kier molecular flexibility index (Phi) is 26.4. The highest BCUT2D eigenvalue weighted by Gasteiger charge is 2.22. The van der Waals surface area contributed by atoms with Crippen LogP contribution in [0.5, 0.6) is 0 Å². The second kappa shape index (κ2) is 29.9. The van der Waals surface area contributed by atoms with E-state index < -0.39 is 9.85 Å². The van der Waals surface area contributed by atoms with E-state index in [1.807, 2.05) is 42.7 Å². The first-order valence-corrected chi connectivity index (χ1v) is 27.1. The molecule has 450 valence electrons. The molecule has 10 aromatic rings. The number of nitro benzene ring substituents is 4. The van der Waals surface area contributed by atoms with Gasteiger partial charge in [-0.1, -0.05) is 158 Å². The zero-order chi connectivity index (χ0) is 60.3. The fourth-order valence-corrected chi connectivity index (χ4v) is 7.75. The zero-order valence-corrected chi connectivity index (χ0v) is 51.3. The minimum atomic E-state index is -0.396. The number of aromatic nitrogens is 5. The summed E-state index contributed by atoms with van der Waals surface area (Å²) in [6, 6.07) is 28.9. The van der Waals surface area contributed by atoms with Crippen molar-refractivity contribution < 1.29 is 19.7 Å². The Bertz CT molecular complexity index is 3510. The van der Waals surface area contributed by atoms with Crippen molar-refractivity contribution in [3.8, 4) is 0 Å². The fraction of sp³-hybridized carbons (Fsp3) is 0.365. The number of rotatable bonds is 4.